The van der Waals surface area contributed by atoms with Gasteiger partial charge in [-0.3, -0.25) is 0 Å². The first-order valence-corrected chi connectivity index (χ1v) is 4.17. The van der Waals surface area contributed by atoms with Crippen molar-refractivity contribution < 1.29 is 9.90 Å². The molecular formula is C11H12O2. The number of aldehydes is 1. The maximum atomic E-state index is 10.0. The number of aliphatic hydroxyl groups excluding tert-OH is 1. The minimum atomic E-state index is 0.0294. The molecule has 0 aliphatic rings. The Morgan fingerprint density at radius 2 is 2.08 bits per heavy atom. The van der Waals surface area contributed by atoms with Gasteiger partial charge in [0.2, 0.25) is 0 Å². The standard InChI is InChI=1S/C11H12O2/c12-8-4-3-6-10-5-1-2-7-11(10)9-13/h1-3,5-8,13H,4,9H2. The summed E-state index contributed by atoms with van der Waals surface area (Å²) in [6.45, 7) is 0.0294. The molecule has 0 saturated heterocycles. The summed E-state index contributed by atoms with van der Waals surface area (Å²) in [4.78, 5) is 10.0. The highest BCUT2D eigenvalue weighted by molar-refractivity contribution is 5.59. The van der Waals surface area contributed by atoms with Crippen LogP contribution in [0.4, 0.5) is 0 Å². The van der Waals surface area contributed by atoms with Gasteiger partial charge in [-0.25, -0.2) is 0 Å². The molecule has 0 aliphatic carbocycles. The molecule has 13 heavy (non-hydrogen) atoms. The van der Waals surface area contributed by atoms with Crippen LogP contribution in [0.2, 0.25) is 0 Å². The van der Waals surface area contributed by atoms with Crippen molar-refractivity contribution in [2.75, 3.05) is 0 Å². The average molecular weight is 176 g/mol. The quantitative estimate of drug-likeness (QED) is 0.710. The van der Waals surface area contributed by atoms with Crippen molar-refractivity contribution in [2.24, 2.45) is 0 Å². The molecule has 0 saturated carbocycles. The molecule has 0 fully saturated rings. The molecule has 2 nitrogen and oxygen atoms in total. The number of carbonyl (C=O) groups excluding carboxylic acids is 1. The Hall–Kier alpha value is -1.41. The van der Waals surface area contributed by atoms with Crippen LogP contribution in [-0.2, 0) is 11.4 Å². The van der Waals surface area contributed by atoms with Gasteiger partial charge in [0.15, 0.2) is 0 Å². The van der Waals surface area contributed by atoms with Crippen LogP contribution in [0, 0.1) is 0 Å². The number of rotatable bonds is 4. The molecule has 1 aromatic carbocycles. The van der Waals surface area contributed by atoms with Gasteiger partial charge in [0.25, 0.3) is 0 Å². The molecule has 0 amide bonds. The first-order chi connectivity index (χ1) is 6.38. The van der Waals surface area contributed by atoms with Crippen molar-refractivity contribution in [3.05, 3.63) is 41.5 Å². The van der Waals surface area contributed by atoms with Gasteiger partial charge in [0, 0.05) is 6.42 Å². The molecule has 0 unspecified atom stereocenters. The van der Waals surface area contributed by atoms with Crippen molar-refractivity contribution in [2.45, 2.75) is 13.0 Å². The van der Waals surface area contributed by atoms with Crippen molar-refractivity contribution in [3.63, 3.8) is 0 Å². The molecule has 0 atom stereocenters. The Kier molecular flexibility index (Phi) is 3.93. The maximum Gasteiger partial charge on any atom is 0.123 e. The third-order valence-electron chi connectivity index (χ3n) is 1.76. The van der Waals surface area contributed by atoms with Gasteiger partial charge < -0.3 is 9.90 Å². The molecule has 1 N–H and O–H groups in total. The Labute approximate surface area is 77.5 Å². The fourth-order valence-corrected chi connectivity index (χ4v) is 1.09. The minimum Gasteiger partial charge on any atom is -0.392 e. The predicted octanol–water partition coefficient (Wildman–Crippen LogP) is 1.78. The second-order valence-corrected chi connectivity index (χ2v) is 2.66. The lowest BCUT2D eigenvalue weighted by atomic mass is 10.1. The Balaban J connectivity index is 2.80. The van der Waals surface area contributed by atoms with E-state index in [1.807, 2.05) is 30.3 Å². The largest absolute Gasteiger partial charge is 0.392 e. The Morgan fingerprint density at radius 1 is 1.31 bits per heavy atom. The van der Waals surface area contributed by atoms with E-state index in [1.54, 1.807) is 6.08 Å². The van der Waals surface area contributed by atoms with Crippen LogP contribution in [0.3, 0.4) is 0 Å². The van der Waals surface area contributed by atoms with Crippen LogP contribution in [-0.4, -0.2) is 11.4 Å². The lowest BCUT2D eigenvalue weighted by Gasteiger charge is -2.00. The smallest absolute Gasteiger partial charge is 0.123 e. The van der Waals surface area contributed by atoms with Crippen LogP contribution in [0.5, 0.6) is 0 Å². The van der Waals surface area contributed by atoms with E-state index in [4.69, 9.17) is 5.11 Å². The molecule has 0 aromatic heterocycles. The lowest BCUT2D eigenvalue weighted by Crippen LogP contribution is -1.86. The highest BCUT2D eigenvalue weighted by atomic mass is 16.3. The topological polar surface area (TPSA) is 37.3 Å². The Bertz CT molecular complexity index is 303. The van der Waals surface area contributed by atoms with Gasteiger partial charge in [-0.2, -0.15) is 0 Å². The van der Waals surface area contributed by atoms with E-state index < -0.39 is 0 Å². The number of hydrogen-bond donors (Lipinski definition) is 1. The summed E-state index contributed by atoms with van der Waals surface area (Å²) in [6, 6.07) is 7.55. The summed E-state index contributed by atoms with van der Waals surface area (Å²) >= 11 is 0. The van der Waals surface area contributed by atoms with Gasteiger partial charge in [-0.05, 0) is 11.1 Å². The number of benzene rings is 1. The molecule has 0 heterocycles. The summed E-state index contributed by atoms with van der Waals surface area (Å²) in [5.41, 5.74) is 1.84. The van der Waals surface area contributed by atoms with Crippen LogP contribution < -0.4 is 0 Å². The monoisotopic (exact) mass is 176 g/mol. The third kappa shape index (κ3) is 2.84. The van der Waals surface area contributed by atoms with E-state index in [0.29, 0.717) is 6.42 Å². The number of hydrogen-bond acceptors (Lipinski definition) is 2. The van der Waals surface area contributed by atoms with Gasteiger partial charge >= 0.3 is 0 Å². The van der Waals surface area contributed by atoms with E-state index in [1.165, 1.54) is 0 Å². The van der Waals surface area contributed by atoms with E-state index in [2.05, 4.69) is 0 Å². The van der Waals surface area contributed by atoms with E-state index in [-0.39, 0.29) is 6.61 Å². The minimum absolute atomic E-state index is 0.0294. The summed E-state index contributed by atoms with van der Waals surface area (Å²) in [5, 5.41) is 8.97. The molecule has 0 aliphatic heterocycles. The number of carbonyl (C=O) groups is 1. The zero-order valence-corrected chi connectivity index (χ0v) is 7.31. The van der Waals surface area contributed by atoms with Crippen LogP contribution in [0.25, 0.3) is 6.08 Å². The van der Waals surface area contributed by atoms with Crippen LogP contribution >= 0.6 is 0 Å². The summed E-state index contributed by atoms with van der Waals surface area (Å²) < 4.78 is 0. The second kappa shape index (κ2) is 5.27. The first-order valence-electron chi connectivity index (χ1n) is 4.17. The van der Waals surface area contributed by atoms with E-state index in [0.717, 1.165) is 17.4 Å². The average Bonchev–Trinajstić information content (AvgIpc) is 2.19. The molecule has 0 bridgehead atoms. The summed E-state index contributed by atoms with van der Waals surface area (Å²) in [6.07, 6.45) is 4.89. The fourth-order valence-electron chi connectivity index (χ4n) is 1.09. The normalized spacial score (nSPS) is 10.5. The molecule has 0 spiro atoms. The van der Waals surface area contributed by atoms with Crippen molar-refractivity contribution >= 4 is 12.4 Å². The zero-order valence-electron chi connectivity index (χ0n) is 7.31. The molecule has 68 valence electrons. The van der Waals surface area contributed by atoms with Crippen LogP contribution in [0.1, 0.15) is 17.5 Å². The maximum absolute atomic E-state index is 10.0. The zero-order chi connectivity index (χ0) is 9.52. The molecule has 1 rings (SSSR count). The van der Waals surface area contributed by atoms with Gasteiger partial charge in [0.05, 0.1) is 6.61 Å². The van der Waals surface area contributed by atoms with Gasteiger partial charge in [0.1, 0.15) is 6.29 Å². The fraction of sp³-hybridized carbons (Fsp3) is 0.182. The van der Waals surface area contributed by atoms with Crippen molar-refractivity contribution in [1.82, 2.24) is 0 Å². The number of allylic oxidation sites excluding steroid dienone is 1. The SMILES string of the molecule is O=CCC=Cc1ccccc1CO. The third-order valence-corrected chi connectivity index (χ3v) is 1.76. The van der Waals surface area contributed by atoms with Gasteiger partial charge in [-0.1, -0.05) is 36.4 Å². The number of aliphatic hydroxyl groups is 1. The lowest BCUT2D eigenvalue weighted by molar-refractivity contribution is -0.107. The van der Waals surface area contributed by atoms with Crippen LogP contribution in [0.15, 0.2) is 30.3 Å². The molecule has 0 radical (unpaired) electrons. The highest BCUT2D eigenvalue weighted by Crippen LogP contribution is 2.10. The van der Waals surface area contributed by atoms with Gasteiger partial charge in [-0.15, -0.1) is 0 Å². The Morgan fingerprint density at radius 3 is 2.77 bits per heavy atom. The van der Waals surface area contributed by atoms with Crippen molar-refractivity contribution in [1.29, 1.82) is 0 Å². The van der Waals surface area contributed by atoms with E-state index in [9.17, 15) is 4.79 Å². The predicted molar refractivity (Wildman–Crippen MR) is 52.1 cm³/mol. The first kappa shape index (κ1) is 9.68. The summed E-state index contributed by atoms with van der Waals surface area (Å²) in [5.74, 6) is 0. The molecule has 1 aromatic rings. The molecular weight excluding hydrogens is 164 g/mol. The molecule has 2 heteroatoms. The van der Waals surface area contributed by atoms with E-state index >= 15 is 0 Å². The van der Waals surface area contributed by atoms with Crippen molar-refractivity contribution in [3.8, 4) is 0 Å². The summed E-state index contributed by atoms with van der Waals surface area (Å²) in [7, 11) is 0. The second-order valence-electron chi connectivity index (χ2n) is 2.66. The highest BCUT2D eigenvalue weighted by Gasteiger charge is 1.94.